The van der Waals surface area contributed by atoms with E-state index in [1.807, 2.05) is 6.92 Å². The predicted molar refractivity (Wildman–Crippen MR) is 159 cm³/mol. The van der Waals surface area contributed by atoms with E-state index in [0.29, 0.717) is 18.8 Å². The van der Waals surface area contributed by atoms with Crippen LogP contribution in [0, 0.1) is 34.5 Å². The molecule has 236 valence electrons. The second-order valence-electron chi connectivity index (χ2n) is 14.2. The molecule has 7 heteroatoms. The lowest BCUT2D eigenvalue weighted by Gasteiger charge is -2.60. The normalized spacial score (nSPS) is 37.7. The lowest BCUT2D eigenvalue weighted by atomic mass is 9.44. The molecule has 0 unspecified atom stereocenters. The van der Waals surface area contributed by atoms with Crippen molar-refractivity contribution in [1.29, 1.82) is 0 Å². The fraction of sp³-hybridized carbons (Fsp3) is 0.912. The molecule has 0 amide bonds. The zero-order valence-electron chi connectivity index (χ0n) is 26.3. The van der Waals surface area contributed by atoms with Crippen molar-refractivity contribution in [2.45, 2.75) is 148 Å². The first-order valence-corrected chi connectivity index (χ1v) is 16.6. The Morgan fingerprint density at radius 1 is 0.927 bits per heavy atom. The molecule has 0 spiro atoms. The fourth-order valence-corrected chi connectivity index (χ4v) is 9.33. The summed E-state index contributed by atoms with van der Waals surface area (Å²) in [6.45, 7) is 5.71. The van der Waals surface area contributed by atoms with Gasteiger partial charge in [-0.2, -0.15) is 0 Å². The molecule has 4 rings (SSSR count). The van der Waals surface area contributed by atoms with Crippen LogP contribution in [-0.2, 0) is 19.1 Å². The molecule has 3 N–H and O–H groups in total. The summed E-state index contributed by atoms with van der Waals surface area (Å²) in [5.74, 6) is 0.308. The molecule has 0 bridgehead atoms. The third-order valence-corrected chi connectivity index (χ3v) is 11.8. The average Bonchev–Trinajstić information content (AvgIpc) is 3.22. The van der Waals surface area contributed by atoms with Gasteiger partial charge in [0.1, 0.15) is 18.0 Å². The molecule has 0 aromatic rings. The Morgan fingerprint density at radius 3 is 2.17 bits per heavy atom. The van der Waals surface area contributed by atoms with Crippen LogP contribution in [0.4, 0.5) is 0 Å². The van der Waals surface area contributed by atoms with E-state index in [2.05, 4.69) is 18.6 Å². The molecular formula is C34H58O7. The van der Waals surface area contributed by atoms with Gasteiger partial charge in [-0.3, -0.25) is 14.4 Å². The van der Waals surface area contributed by atoms with Gasteiger partial charge in [0, 0.05) is 24.2 Å². The van der Waals surface area contributed by atoms with Crippen molar-refractivity contribution in [2.24, 2.45) is 34.5 Å². The highest BCUT2D eigenvalue weighted by atomic mass is 16.5. The SMILES string of the molecule is CCCCCCCCCCCC(=O)OC.C[C@]12CC[C@@H](O)C[C@H]1CC[C@@H]1[C@@H]2C(=O)C[C@@]2(C)[C@H]1CC[C@]2(O)C(=O)CO. The van der Waals surface area contributed by atoms with Gasteiger partial charge in [0.05, 0.1) is 13.2 Å². The summed E-state index contributed by atoms with van der Waals surface area (Å²) < 4.78 is 4.58. The number of esters is 1. The van der Waals surface area contributed by atoms with Crippen molar-refractivity contribution in [3.8, 4) is 0 Å². The molecule has 0 aromatic carbocycles. The number of hydrogen-bond donors (Lipinski definition) is 3. The molecule has 8 atom stereocenters. The topological polar surface area (TPSA) is 121 Å². The van der Waals surface area contributed by atoms with Crippen molar-refractivity contribution < 1.29 is 34.4 Å². The second kappa shape index (κ2) is 14.9. The number of aliphatic hydroxyl groups excluding tert-OH is 2. The van der Waals surface area contributed by atoms with Gasteiger partial charge >= 0.3 is 5.97 Å². The van der Waals surface area contributed by atoms with Gasteiger partial charge in [-0.05, 0) is 74.5 Å². The van der Waals surface area contributed by atoms with Crippen molar-refractivity contribution in [3.63, 3.8) is 0 Å². The summed E-state index contributed by atoms with van der Waals surface area (Å²) in [5.41, 5.74) is -2.40. The number of ketones is 2. The van der Waals surface area contributed by atoms with E-state index in [9.17, 15) is 29.7 Å². The van der Waals surface area contributed by atoms with Crippen LogP contribution in [0.1, 0.15) is 136 Å². The number of hydrogen-bond acceptors (Lipinski definition) is 7. The fourth-order valence-electron chi connectivity index (χ4n) is 9.33. The van der Waals surface area contributed by atoms with Crippen LogP contribution < -0.4 is 0 Å². The monoisotopic (exact) mass is 578 g/mol. The maximum Gasteiger partial charge on any atom is 0.305 e. The predicted octanol–water partition coefficient (Wildman–Crippen LogP) is 5.94. The molecule has 0 aliphatic heterocycles. The molecule has 0 aromatic heterocycles. The van der Waals surface area contributed by atoms with Gasteiger partial charge in [0.2, 0.25) is 0 Å². The summed E-state index contributed by atoms with van der Waals surface area (Å²) in [6.07, 6.45) is 17.6. The number of ether oxygens (including phenoxy) is 1. The molecule has 4 saturated carbocycles. The minimum absolute atomic E-state index is 0.0154. The standard InChI is InChI=1S/C21H32O5.C13H26O2/c1-19-7-5-13(23)9-12(19)3-4-14-15-6-8-21(26,17(25)11-22)20(15,2)10-16(24)18(14)19;1-3-4-5-6-7-8-9-10-11-12-13(14)15-2/h12-15,18,22-23,26H,3-11H2,1-2H3;3-12H2,1-2H3/t12-,13-,14+,15+,18-,19+,20+,21+;/m1./s1. The van der Waals surface area contributed by atoms with E-state index >= 15 is 0 Å². The molecule has 0 heterocycles. The first kappa shape index (κ1) is 34.2. The molecule has 4 aliphatic rings. The van der Waals surface area contributed by atoms with Crippen molar-refractivity contribution in [1.82, 2.24) is 0 Å². The zero-order chi connectivity index (χ0) is 30.3. The molecular weight excluding hydrogens is 520 g/mol. The Labute approximate surface area is 248 Å². The van der Waals surface area contributed by atoms with Crippen molar-refractivity contribution in [2.75, 3.05) is 13.7 Å². The number of Topliss-reactive ketones (excluding diaryl/α,β-unsaturated/α-hetero) is 2. The Morgan fingerprint density at radius 2 is 1.56 bits per heavy atom. The van der Waals surface area contributed by atoms with Crippen LogP contribution in [0.15, 0.2) is 0 Å². The number of carbonyl (C=O) groups is 3. The Balaban J connectivity index is 0.000000266. The first-order chi connectivity index (χ1) is 19.5. The van der Waals surface area contributed by atoms with Crippen LogP contribution in [0.25, 0.3) is 0 Å². The van der Waals surface area contributed by atoms with Crippen LogP contribution in [0.3, 0.4) is 0 Å². The number of fused-ring (bicyclic) bond motifs is 5. The maximum atomic E-state index is 13.4. The van der Waals surface area contributed by atoms with Crippen LogP contribution in [0.2, 0.25) is 0 Å². The highest BCUT2D eigenvalue weighted by Gasteiger charge is 2.68. The summed E-state index contributed by atoms with van der Waals surface area (Å²) in [7, 11) is 1.45. The number of carbonyl (C=O) groups excluding carboxylic acids is 3. The average molecular weight is 579 g/mol. The Hall–Kier alpha value is -1.31. The highest BCUT2D eigenvalue weighted by molar-refractivity contribution is 5.92. The summed E-state index contributed by atoms with van der Waals surface area (Å²) in [6, 6.07) is 0. The summed E-state index contributed by atoms with van der Waals surface area (Å²) >= 11 is 0. The van der Waals surface area contributed by atoms with Gasteiger partial charge < -0.3 is 20.1 Å². The van der Waals surface area contributed by atoms with E-state index in [1.54, 1.807) is 0 Å². The van der Waals surface area contributed by atoms with E-state index in [-0.39, 0.29) is 47.4 Å². The number of aliphatic hydroxyl groups is 3. The molecule has 4 fully saturated rings. The lowest BCUT2D eigenvalue weighted by molar-refractivity contribution is -0.180. The highest BCUT2D eigenvalue weighted by Crippen LogP contribution is 2.67. The quantitative estimate of drug-likeness (QED) is 0.193. The summed E-state index contributed by atoms with van der Waals surface area (Å²) in [4.78, 5) is 36.5. The van der Waals surface area contributed by atoms with Crippen molar-refractivity contribution >= 4 is 17.5 Å². The van der Waals surface area contributed by atoms with Crippen LogP contribution >= 0.6 is 0 Å². The maximum absolute atomic E-state index is 13.4. The molecule has 0 saturated heterocycles. The van der Waals surface area contributed by atoms with Gasteiger partial charge in [-0.1, -0.05) is 72.1 Å². The van der Waals surface area contributed by atoms with Gasteiger partial charge in [0.25, 0.3) is 0 Å². The molecule has 41 heavy (non-hydrogen) atoms. The number of unbranched alkanes of at least 4 members (excludes halogenated alkanes) is 8. The summed E-state index contributed by atoms with van der Waals surface area (Å²) in [5, 5.41) is 30.6. The smallest absolute Gasteiger partial charge is 0.305 e. The van der Waals surface area contributed by atoms with Crippen LogP contribution in [0.5, 0.6) is 0 Å². The van der Waals surface area contributed by atoms with E-state index in [0.717, 1.165) is 44.9 Å². The zero-order valence-corrected chi connectivity index (χ0v) is 26.3. The third-order valence-electron chi connectivity index (χ3n) is 11.8. The van der Waals surface area contributed by atoms with Crippen molar-refractivity contribution in [3.05, 3.63) is 0 Å². The second-order valence-corrected chi connectivity index (χ2v) is 14.2. The van der Waals surface area contributed by atoms with Gasteiger partial charge in [-0.25, -0.2) is 0 Å². The lowest BCUT2D eigenvalue weighted by Crippen LogP contribution is -2.62. The van der Waals surface area contributed by atoms with Crippen LogP contribution in [-0.4, -0.2) is 58.3 Å². The Bertz CT molecular complexity index is 888. The van der Waals surface area contributed by atoms with Gasteiger partial charge in [-0.15, -0.1) is 0 Å². The van der Waals surface area contributed by atoms with E-state index in [4.69, 9.17) is 0 Å². The first-order valence-electron chi connectivity index (χ1n) is 16.6. The molecule has 4 aliphatic carbocycles. The minimum atomic E-state index is -1.58. The number of rotatable bonds is 12. The van der Waals surface area contributed by atoms with Gasteiger partial charge in [0.15, 0.2) is 5.78 Å². The molecule has 7 nitrogen and oxygen atoms in total. The minimum Gasteiger partial charge on any atom is -0.469 e. The number of methoxy groups -OCH3 is 1. The molecule has 0 radical (unpaired) electrons. The largest absolute Gasteiger partial charge is 0.469 e. The Kier molecular flexibility index (Phi) is 12.4. The van der Waals surface area contributed by atoms with E-state index < -0.39 is 23.4 Å². The van der Waals surface area contributed by atoms with E-state index in [1.165, 1.54) is 58.5 Å². The third kappa shape index (κ3) is 7.26.